The van der Waals surface area contributed by atoms with Crippen LogP contribution in [0.3, 0.4) is 0 Å². The van der Waals surface area contributed by atoms with Crippen molar-refractivity contribution >= 4 is 30.0 Å². The number of nitrogens with zero attached hydrogens (tertiary/aromatic N) is 1. The van der Waals surface area contributed by atoms with Gasteiger partial charge in [-0.15, -0.1) is 0 Å². The van der Waals surface area contributed by atoms with Crippen LogP contribution in [0, 0.1) is 0 Å². The molecule has 0 saturated carbocycles. The molecule has 1 aromatic carbocycles. The Labute approximate surface area is 170 Å². The van der Waals surface area contributed by atoms with Gasteiger partial charge in [-0.25, -0.2) is 0 Å². The summed E-state index contributed by atoms with van der Waals surface area (Å²) in [6.45, 7) is 8.14. The molecule has 0 aliphatic heterocycles. The molecule has 0 atom stereocenters. The van der Waals surface area contributed by atoms with Gasteiger partial charge < -0.3 is 20.0 Å². The molecule has 6 nitrogen and oxygen atoms in total. The zero-order valence-corrected chi connectivity index (χ0v) is 18.0. The molecule has 1 amide bonds. The van der Waals surface area contributed by atoms with E-state index in [1.165, 1.54) is 4.90 Å². The van der Waals surface area contributed by atoms with Crippen molar-refractivity contribution in [2.75, 3.05) is 26.5 Å². The molecule has 1 aromatic heterocycles. The second-order valence-corrected chi connectivity index (χ2v) is 8.03. The minimum absolute atomic E-state index is 0.140. The first-order valence-corrected chi connectivity index (χ1v) is 9.15. The van der Waals surface area contributed by atoms with Crippen LogP contribution in [0.15, 0.2) is 29.1 Å². The van der Waals surface area contributed by atoms with E-state index in [0.29, 0.717) is 22.6 Å². The van der Waals surface area contributed by atoms with E-state index in [1.54, 1.807) is 32.3 Å². The van der Waals surface area contributed by atoms with Gasteiger partial charge in [0.05, 0.1) is 5.69 Å². The lowest BCUT2D eigenvalue weighted by Gasteiger charge is -2.23. The molecule has 2 aromatic rings. The number of carbonyl (C=O) groups excluding carboxylic acids is 2. The fraction of sp³-hybridized carbons (Fsp3) is 0.381. The van der Waals surface area contributed by atoms with Gasteiger partial charge in [0.25, 0.3) is 11.5 Å². The topological polar surface area (TPSA) is 82.3 Å². The van der Waals surface area contributed by atoms with Crippen molar-refractivity contribution in [3.8, 4) is 0 Å². The Morgan fingerprint density at radius 3 is 2.29 bits per heavy atom. The number of nitrogens with one attached hydrogen (secondary N) is 2. The maximum absolute atomic E-state index is 12.6. The largest absolute Gasteiger partial charge is 0.387 e. The number of aromatic nitrogens is 1. The monoisotopic (exact) mass is 405 g/mol. The van der Waals surface area contributed by atoms with Gasteiger partial charge in [0, 0.05) is 54.8 Å². The highest BCUT2D eigenvalue weighted by Crippen LogP contribution is 2.27. The highest BCUT2D eigenvalue weighted by Gasteiger charge is 2.21. The van der Waals surface area contributed by atoms with E-state index in [1.807, 2.05) is 40.7 Å². The van der Waals surface area contributed by atoms with Gasteiger partial charge in [0.15, 0.2) is 0 Å². The number of aromatic amines is 1. The third kappa shape index (κ3) is 5.45. The first-order chi connectivity index (χ1) is 13.0. The Balaban J connectivity index is 0.00000190. The minimum atomic E-state index is -0.192. The fourth-order valence-electron chi connectivity index (χ4n) is 2.84. The van der Waals surface area contributed by atoms with Crippen molar-refractivity contribution in [1.82, 2.24) is 9.88 Å². The first kappa shape index (κ1) is 23.4. The third-order valence-electron chi connectivity index (χ3n) is 4.23. The second-order valence-electron chi connectivity index (χ2n) is 7.59. The van der Waals surface area contributed by atoms with Gasteiger partial charge in [0.2, 0.25) is 0 Å². The summed E-state index contributed by atoms with van der Waals surface area (Å²) in [5, 5.41) is 3.65. The van der Waals surface area contributed by atoms with E-state index in [2.05, 4.69) is 10.3 Å². The van der Waals surface area contributed by atoms with Crippen LogP contribution < -0.4 is 10.9 Å². The van der Waals surface area contributed by atoms with Gasteiger partial charge >= 0.3 is 0 Å². The van der Waals surface area contributed by atoms with Crippen LogP contribution in [0.1, 0.15) is 48.0 Å². The van der Waals surface area contributed by atoms with Crippen LogP contribution in [-0.2, 0) is 16.6 Å². The minimum Gasteiger partial charge on any atom is -0.387 e. The van der Waals surface area contributed by atoms with Crippen LogP contribution >= 0.6 is 11.6 Å². The van der Waals surface area contributed by atoms with Gasteiger partial charge in [-0.1, -0.05) is 38.4 Å². The lowest BCUT2D eigenvalue weighted by Crippen LogP contribution is -2.25. The fourth-order valence-corrected chi connectivity index (χ4v) is 3.01. The predicted molar refractivity (Wildman–Crippen MR) is 115 cm³/mol. The van der Waals surface area contributed by atoms with E-state index < -0.39 is 0 Å². The van der Waals surface area contributed by atoms with E-state index in [9.17, 15) is 9.59 Å². The number of amides is 1. The number of halogens is 1. The summed E-state index contributed by atoms with van der Waals surface area (Å²) in [4.78, 5) is 37.6. The lowest BCUT2D eigenvalue weighted by atomic mass is 9.89. The van der Waals surface area contributed by atoms with Crippen molar-refractivity contribution in [3.05, 3.63) is 62.0 Å². The number of pyridine rings is 1. The van der Waals surface area contributed by atoms with Crippen LogP contribution in [0.5, 0.6) is 0 Å². The van der Waals surface area contributed by atoms with Gasteiger partial charge in [-0.2, -0.15) is 0 Å². The molecule has 152 valence electrons. The SMILES string of the molecule is C=O.CNc1cc(Cc2ccc(Cl)cc2C(=O)N(C)C)c(=O)[nH]c1C(C)(C)C. The average molecular weight is 406 g/mol. The van der Waals surface area contributed by atoms with Crippen LogP contribution in [0.4, 0.5) is 5.69 Å². The van der Waals surface area contributed by atoms with Crippen molar-refractivity contribution in [2.24, 2.45) is 0 Å². The number of benzene rings is 1. The van der Waals surface area contributed by atoms with Crippen LogP contribution in [0.25, 0.3) is 0 Å². The predicted octanol–water partition coefficient (Wildman–Crippen LogP) is 3.48. The normalized spacial score (nSPS) is 10.7. The molecule has 0 aliphatic rings. The Morgan fingerprint density at radius 2 is 1.79 bits per heavy atom. The van der Waals surface area contributed by atoms with Crippen molar-refractivity contribution in [1.29, 1.82) is 0 Å². The molecular weight excluding hydrogens is 378 g/mol. The molecule has 0 bridgehead atoms. The van der Waals surface area contributed by atoms with Gasteiger partial charge in [0.1, 0.15) is 6.79 Å². The summed E-state index contributed by atoms with van der Waals surface area (Å²) in [6.07, 6.45) is 0.348. The van der Waals surface area contributed by atoms with Crippen molar-refractivity contribution < 1.29 is 9.59 Å². The number of hydrogen-bond acceptors (Lipinski definition) is 4. The average Bonchev–Trinajstić information content (AvgIpc) is 2.64. The van der Waals surface area contributed by atoms with Crippen molar-refractivity contribution in [3.63, 3.8) is 0 Å². The van der Waals surface area contributed by atoms with E-state index in [4.69, 9.17) is 16.4 Å². The lowest BCUT2D eigenvalue weighted by molar-refractivity contribution is -0.0980. The highest BCUT2D eigenvalue weighted by atomic mass is 35.5. The molecule has 0 spiro atoms. The summed E-state index contributed by atoms with van der Waals surface area (Å²) in [6, 6.07) is 7.04. The number of carbonyl (C=O) groups is 2. The summed E-state index contributed by atoms with van der Waals surface area (Å²) < 4.78 is 0. The molecule has 0 radical (unpaired) electrons. The van der Waals surface area contributed by atoms with E-state index >= 15 is 0 Å². The second kappa shape index (κ2) is 9.55. The van der Waals surface area contributed by atoms with Crippen molar-refractivity contribution in [2.45, 2.75) is 32.6 Å². The van der Waals surface area contributed by atoms with Gasteiger partial charge in [-0.05, 0) is 23.8 Å². The molecule has 7 heteroatoms. The Bertz CT molecular complexity index is 899. The Hall–Kier alpha value is -2.60. The summed E-state index contributed by atoms with van der Waals surface area (Å²) >= 11 is 6.07. The summed E-state index contributed by atoms with van der Waals surface area (Å²) in [7, 11) is 5.21. The van der Waals surface area contributed by atoms with E-state index in [-0.39, 0.29) is 16.9 Å². The molecule has 0 fully saturated rings. The number of anilines is 1. The number of rotatable bonds is 4. The van der Waals surface area contributed by atoms with Gasteiger partial charge in [-0.3, -0.25) is 9.59 Å². The summed E-state index contributed by atoms with van der Waals surface area (Å²) in [5.74, 6) is -0.140. The number of H-pyrrole nitrogens is 1. The van der Waals surface area contributed by atoms with Crippen LogP contribution in [-0.4, -0.2) is 43.7 Å². The maximum atomic E-state index is 12.6. The molecule has 1 heterocycles. The molecule has 0 saturated heterocycles. The van der Waals surface area contributed by atoms with Crippen LogP contribution in [0.2, 0.25) is 5.02 Å². The molecule has 28 heavy (non-hydrogen) atoms. The quantitative estimate of drug-likeness (QED) is 0.815. The maximum Gasteiger partial charge on any atom is 0.253 e. The molecule has 2 N–H and O–H groups in total. The Morgan fingerprint density at radius 1 is 1.18 bits per heavy atom. The first-order valence-electron chi connectivity index (χ1n) is 8.78. The molecule has 0 aliphatic carbocycles. The van der Waals surface area contributed by atoms with E-state index in [0.717, 1.165) is 16.9 Å². The Kier molecular flexibility index (Phi) is 8.00. The molecular formula is C21H28ClN3O3. The summed E-state index contributed by atoms with van der Waals surface area (Å²) in [5.41, 5.74) is 3.26. The zero-order chi connectivity index (χ0) is 21.6. The molecule has 0 unspecified atom stereocenters. The standard InChI is InChI=1S/C20H26ClN3O2.CH2O/c1-20(2,3)17-16(22-4)10-13(18(25)23-17)9-12-7-8-14(21)11-15(12)19(26)24(5)6;1-2/h7-8,10-11,22H,9H2,1-6H3,(H,23,25);1H2. The zero-order valence-electron chi connectivity index (χ0n) is 17.3. The highest BCUT2D eigenvalue weighted by molar-refractivity contribution is 6.31. The smallest absolute Gasteiger partial charge is 0.253 e. The number of hydrogen-bond donors (Lipinski definition) is 2. The third-order valence-corrected chi connectivity index (χ3v) is 4.46. The molecule has 2 rings (SSSR count).